The number of hydrogen-bond acceptors (Lipinski definition) is 1. The van der Waals surface area contributed by atoms with Crippen molar-refractivity contribution in [3.63, 3.8) is 0 Å². The monoisotopic (exact) mass is 636 g/mol. The fourth-order valence-corrected chi connectivity index (χ4v) is 6.00. The molecule has 1 aliphatic carbocycles. The highest BCUT2D eigenvalue weighted by Crippen LogP contribution is 2.42. The average molecular weight is 637 g/mol. The van der Waals surface area contributed by atoms with E-state index in [2.05, 4.69) is 11.7 Å². The Labute approximate surface area is 254 Å². The van der Waals surface area contributed by atoms with Gasteiger partial charge in [-0.15, -0.1) is 0 Å². The molecule has 0 amide bonds. The van der Waals surface area contributed by atoms with E-state index in [1.165, 1.54) is 6.07 Å². The fourth-order valence-electron chi connectivity index (χ4n) is 6.00. The van der Waals surface area contributed by atoms with Gasteiger partial charge in [0, 0.05) is 17.2 Å². The molecule has 1 saturated carbocycles. The lowest BCUT2D eigenvalue weighted by atomic mass is 9.77. The van der Waals surface area contributed by atoms with Crippen LogP contribution < -0.4 is 4.74 Å². The first-order chi connectivity index (χ1) is 21.4. The smallest absolute Gasteiger partial charge is 0.429 e. The van der Waals surface area contributed by atoms with Crippen LogP contribution >= 0.6 is 0 Å². The summed E-state index contributed by atoms with van der Waals surface area (Å²) < 4.78 is 135. The van der Waals surface area contributed by atoms with Gasteiger partial charge in [-0.1, -0.05) is 38.3 Å². The molecule has 45 heavy (non-hydrogen) atoms. The second kappa shape index (κ2) is 13.2. The SMILES string of the molecule is CCCCC1CCC(c2cc(F)c(C(F)(F)Oc3ccc(-c4ccc(-c5cc(F)c(F)c(F)c5)c(F)c4)c(F)c3)c(F)c2)CC1. The Morgan fingerprint density at radius 1 is 0.644 bits per heavy atom. The van der Waals surface area contributed by atoms with Crippen molar-refractivity contribution in [2.24, 2.45) is 5.92 Å². The van der Waals surface area contributed by atoms with Crippen molar-refractivity contribution in [1.29, 1.82) is 0 Å². The number of benzene rings is 4. The molecule has 1 aliphatic rings. The lowest BCUT2D eigenvalue weighted by molar-refractivity contribution is -0.189. The molecule has 5 rings (SSSR count). The first-order valence-electron chi connectivity index (χ1n) is 14.7. The number of alkyl halides is 2. The molecule has 10 heteroatoms. The van der Waals surface area contributed by atoms with Gasteiger partial charge in [0.15, 0.2) is 17.5 Å². The lowest BCUT2D eigenvalue weighted by Gasteiger charge is -2.29. The zero-order chi connectivity index (χ0) is 32.5. The second-order valence-electron chi connectivity index (χ2n) is 11.4. The van der Waals surface area contributed by atoms with E-state index in [9.17, 15) is 30.7 Å². The van der Waals surface area contributed by atoms with Gasteiger partial charge in [-0.05, 0) is 96.7 Å². The minimum absolute atomic E-state index is 0.0674. The van der Waals surface area contributed by atoms with Crippen molar-refractivity contribution in [3.05, 3.63) is 113 Å². The predicted molar refractivity (Wildman–Crippen MR) is 152 cm³/mol. The Balaban J connectivity index is 1.32. The molecule has 0 heterocycles. The minimum atomic E-state index is -4.49. The number of halogens is 9. The molecule has 0 aliphatic heterocycles. The highest BCUT2D eigenvalue weighted by atomic mass is 19.3. The van der Waals surface area contributed by atoms with E-state index in [0.29, 0.717) is 42.5 Å². The van der Waals surface area contributed by atoms with Gasteiger partial charge in [0.1, 0.15) is 34.6 Å². The maximum absolute atomic E-state index is 15.1. The summed E-state index contributed by atoms with van der Waals surface area (Å²) in [5.41, 5.74) is -2.21. The van der Waals surface area contributed by atoms with Crippen LogP contribution in [0.1, 0.15) is 68.9 Å². The van der Waals surface area contributed by atoms with E-state index >= 15 is 8.78 Å². The number of hydrogen-bond donors (Lipinski definition) is 0. The molecule has 0 N–H and O–H groups in total. The summed E-state index contributed by atoms with van der Waals surface area (Å²) in [7, 11) is 0. The van der Waals surface area contributed by atoms with Crippen molar-refractivity contribution < 1.29 is 44.3 Å². The molecular formula is C35H29F9O. The summed E-state index contributed by atoms with van der Waals surface area (Å²) in [4.78, 5) is 0. The topological polar surface area (TPSA) is 9.23 Å². The first kappa shape index (κ1) is 32.4. The maximum Gasteiger partial charge on any atom is 0.432 e. The third kappa shape index (κ3) is 6.99. The zero-order valence-corrected chi connectivity index (χ0v) is 24.2. The van der Waals surface area contributed by atoms with Crippen molar-refractivity contribution in [3.8, 4) is 28.0 Å². The molecule has 1 fully saturated rings. The van der Waals surface area contributed by atoms with Crippen LogP contribution in [0, 0.1) is 46.6 Å². The standard InChI is InChI=1S/C35H29F9O/c1-2-3-4-19-5-7-20(8-6-19)22-14-29(38)33(30(39)15-22)35(43,44)45-24-10-12-25(28(37)18-24)21-9-11-26(27(36)13-21)23-16-31(40)34(42)32(41)17-23/h9-20H,2-8H2,1H3. The summed E-state index contributed by atoms with van der Waals surface area (Å²) in [5.74, 6) is -10.2. The molecule has 0 radical (unpaired) electrons. The quantitative estimate of drug-likeness (QED) is 0.131. The van der Waals surface area contributed by atoms with Gasteiger partial charge in [0.25, 0.3) is 0 Å². The average Bonchev–Trinajstić information content (AvgIpc) is 2.98. The molecule has 238 valence electrons. The lowest BCUT2D eigenvalue weighted by Crippen LogP contribution is -2.26. The van der Waals surface area contributed by atoms with Crippen molar-refractivity contribution in [1.82, 2.24) is 0 Å². The largest absolute Gasteiger partial charge is 0.432 e. The van der Waals surface area contributed by atoms with Gasteiger partial charge in [-0.2, -0.15) is 8.78 Å². The molecule has 0 aromatic heterocycles. The van der Waals surface area contributed by atoms with Crippen LogP contribution in [0.3, 0.4) is 0 Å². The van der Waals surface area contributed by atoms with E-state index < -0.39 is 58.1 Å². The second-order valence-corrected chi connectivity index (χ2v) is 11.4. The fraction of sp³-hybridized carbons (Fsp3) is 0.314. The maximum atomic E-state index is 15.1. The Kier molecular flexibility index (Phi) is 9.51. The van der Waals surface area contributed by atoms with Crippen LogP contribution in [0.4, 0.5) is 39.5 Å². The highest BCUT2D eigenvalue weighted by Gasteiger charge is 2.42. The molecule has 0 bridgehead atoms. The van der Waals surface area contributed by atoms with Gasteiger partial charge in [0.05, 0.1) is 0 Å². The Morgan fingerprint density at radius 2 is 1.20 bits per heavy atom. The van der Waals surface area contributed by atoms with E-state index in [0.717, 1.165) is 68.5 Å². The highest BCUT2D eigenvalue weighted by molar-refractivity contribution is 5.72. The van der Waals surface area contributed by atoms with Crippen LogP contribution in [0.25, 0.3) is 22.3 Å². The van der Waals surface area contributed by atoms with Crippen LogP contribution in [0.15, 0.2) is 60.7 Å². The summed E-state index contributed by atoms with van der Waals surface area (Å²) >= 11 is 0. The summed E-state index contributed by atoms with van der Waals surface area (Å²) in [5, 5.41) is 0. The summed E-state index contributed by atoms with van der Waals surface area (Å²) in [6.07, 6.45) is 2.04. The van der Waals surface area contributed by atoms with Crippen LogP contribution in [0.2, 0.25) is 0 Å². The van der Waals surface area contributed by atoms with Gasteiger partial charge >= 0.3 is 6.11 Å². The molecule has 4 aromatic carbocycles. The number of ether oxygens (including phenoxy) is 1. The summed E-state index contributed by atoms with van der Waals surface area (Å²) in [6, 6.07) is 8.62. The van der Waals surface area contributed by atoms with E-state index in [1.807, 2.05) is 0 Å². The summed E-state index contributed by atoms with van der Waals surface area (Å²) in [6.45, 7) is 2.11. The Bertz CT molecular complexity index is 1650. The normalized spacial score (nSPS) is 17.0. The van der Waals surface area contributed by atoms with E-state index in [4.69, 9.17) is 0 Å². The van der Waals surface area contributed by atoms with Gasteiger partial charge in [-0.3, -0.25) is 0 Å². The van der Waals surface area contributed by atoms with Gasteiger partial charge in [-0.25, -0.2) is 30.7 Å². The zero-order valence-electron chi connectivity index (χ0n) is 24.2. The Morgan fingerprint density at radius 3 is 1.78 bits per heavy atom. The van der Waals surface area contributed by atoms with Crippen LogP contribution in [0.5, 0.6) is 5.75 Å². The van der Waals surface area contributed by atoms with Crippen LogP contribution in [-0.4, -0.2) is 0 Å². The Hall–Kier alpha value is -3.95. The van der Waals surface area contributed by atoms with Gasteiger partial charge in [0.2, 0.25) is 0 Å². The molecule has 0 atom stereocenters. The molecule has 0 spiro atoms. The van der Waals surface area contributed by atoms with E-state index in [-0.39, 0.29) is 28.2 Å². The minimum Gasteiger partial charge on any atom is -0.429 e. The molecule has 4 aromatic rings. The molecular weight excluding hydrogens is 607 g/mol. The third-order valence-corrected chi connectivity index (χ3v) is 8.40. The van der Waals surface area contributed by atoms with Crippen molar-refractivity contribution >= 4 is 0 Å². The molecule has 0 saturated heterocycles. The van der Waals surface area contributed by atoms with Gasteiger partial charge < -0.3 is 4.74 Å². The van der Waals surface area contributed by atoms with E-state index in [1.54, 1.807) is 0 Å². The molecule has 1 nitrogen and oxygen atoms in total. The number of rotatable bonds is 9. The predicted octanol–water partition coefficient (Wildman–Crippen LogP) is 11.6. The van der Waals surface area contributed by atoms with Crippen molar-refractivity contribution in [2.45, 2.75) is 63.9 Å². The third-order valence-electron chi connectivity index (χ3n) is 8.40. The molecule has 0 unspecified atom stereocenters. The van der Waals surface area contributed by atoms with Crippen molar-refractivity contribution in [2.75, 3.05) is 0 Å². The van der Waals surface area contributed by atoms with Crippen LogP contribution in [-0.2, 0) is 6.11 Å². The number of unbranched alkanes of at least 4 members (excludes halogenated alkanes) is 1. The first-order valence-corrected chi connectivity index (χ1v) is 14.7.